The van der Waals surface area contributed by atoms with Crippen molar-refractivity contribution in [2.45, 2.75) is 19.4 Å². The molecule has 0 aliphatic carbocycles. The van der Waals surface area contributed by atoms with Gasteiger partial charge in [-0.1, -0.05) is 0 Å². The number of fused-ring (bicyclic) bond motifs is 1. The summed E-state index contributed by atoms with van der Waals surface area (Å²) in [5.74, 6) is -0.143. The van der Waals surface area contributed by atoms with Gasteiger partial charge in [-0.25, -0.2) is 9.79 Å². The number of aliphatic imine (C=N–C) groups is 2. The Bertz CT molecular complexity index is 596. The fourth-order valence-electron chi connectivity index (χ4n) is 1.90. The van der Waals surface area contributed by atoms with E-state index in [0.717, 1.165) is 22.7 Å². The highest BCUT2D eigenvalue weighted by atomic mass is 32.2. The first-order valence-electron chi connectivity index (χ1n) is 6.14. The molecule has 0 radical (unpaired) electrons. The van der Waals surface area contributed by atoms with Crippen LogP contribution in [0, 0.1) is 0 Å². The van der Waals surface area contributed by atoms with Crippen LogP contribution in [0.5, 0.6) is 5.75 Å². The predicted octanol–water partition coefficient (Wildman–Crippen LogP) is 2.56. The first-order valence-corrected chi connectivity index (χ1v) is 7.37. The maximum atomic E-state index is 10.9. The Morgan fingerprint density at radius 1 is 1.55 bits per heavy atom. The summed E-state index contributed by atoms with van der Waals surface area (Å²) in [7, 11) is 1.63. The van der Waals surface area contributed by atoms with E-state index in [1.54, 1.807) is 14.0 Å². The second kappa shape index (κ2) is 6.09. The number of hydrogen-bond acceptors (Lipinski definition) is 5. The van der Waals surface area contributed by atoms with Gasteiger partial charge in [0.05, 0.1) is 18.5 Å². The minimum absolute atomic E-state index is 0.651. The number of carbonyl (C=O) groups is 1. The molecule has 1 heterocycles. The lowest BCUT2D eigenvalue weighted by molar-refractivity contribution is -0.137. The summed E-state index contributed by atoms with van der Waals surface area (Å²) < 4.78 is 5.19. The normalized spacial score (nSPS) is 15.6. The average molecular weight is 292 g/mol. The Labute approximate surface area is 121 Å². The highest BCUT2D eigenvalue weighted by Crippen LogP contribution is 2.31. The third-order valence-corrected chi connectivity index (χ3v) is 3.74. The van der Waals surface area contributed by atoms with Crippen molar-refractivity contribution in [3.8, 4) is 5.75 Å². The zero-order chi connectivity index (χ0) is 14.7. The third kappa shape index (κ3) is 3.01. The van der Waals surface area contributed by atoms with E-state index in [1.807, 2.05) is 24.5 Å². The molecule has 1 N–H and O–H groups in total. The summed E-state index contributed by atoms with van der Waals surface area (Å²) in [6.07, 6.45) is 2.53. The number of ether oxygens (including phenoxy) is 1. The van der Waals surface area contributed by atoms with Crippen LogP contribution in [0.15, 0.2) is 28.2 Å². The van der Waals surface area contributed by atoms with E-state index in [4.69, 9.17) is 9.84 Å². The number of methoxy groups -OCH3 is 1. The first-order chi connectivity index (χ1) is 9.55. The quantitative estimate of drug-likeness (QED) is 0.684. The number of rotatable bonds is 4. The number of thioether (sulfide) groups is 1. The number of aliphatic carboxylic acids is 1. The van der Waals surface area contributed by atoms with E-state index in [2.05, 4.69) is 9.98 Å². The summed E-state index contributed by atoms with van der Waals surface area (Å²) in [5, 5.41) is 9.61. The molecule has 1 aliphatic heterocycles. The zero-order valence-corrected chi connectivity index (χ0v) is 12.4. The fraction of sp³-hybridized carbons (Fsp3) is 0.357. The summed E-state index contributed by atoms with van der Waals surface area (Å²) in [6.45, 7) is 1.56. The van der Waals surface area contributed by atoms with Gasteiger partial charge in [0.2, 0.25) is 0 Å². The molecule has 1 aromatic carbocycles. The van der Waals surface area contributed by atoms with Gasteiger partial charge in [0, 0.05) is 6.42 Å². The topological polar surface area (TPSA) is 71.2 Å². The number of benzene rings is 1. The molecular formula is C14H16N2O3S. The molecule has 0 amide bonds. The van der Waals surface area contributed by atoms with E-state index >= 15 is 0 Å². The van der Waals surface area contributed by atoms with Gasteiger partial charge in [0.25, 0.3) is 0 Å². The van der Waals surface area contributed by atoms with Crippen molar-refractivity contribution in [2.24, 2.45) is 9.98 Å². The van der Waals surface area contributed by atoms with Crippen LogP contribution >= 0.6 is 11.8 Å². The van der Waals surface area contributed by atoms with Gasteiger partial charge >= 0.3 is 5.97 Å². The van der Waals surface area contributed by atoms with Crippen LogP contribution in [-0.4, -0.2) is 41.2 Å². The van der Waals surface area contributed by atoms with Crippen molar-refractivity contribution in [3.63, 3.8) is 0 Å². The van der Waals surface area contributed by atoms with Gasteiger partial charge in [-0.2, -0.15) is 0 Å². The standard InChI is InChI=1S/C14H16N2O3S/c1-8(14(17)18)15-13(20-3)12-7-9-6-10(19-2)4-5-11(9)16-12/h4-6,8H,7H2,1-3H3,(H,17,18)/b15-13-/t8-/m1/s1. The second-order valence-electron chi connectivity index (χ2n) is 4.38. The summed E-state index contributed by atoms with van der Waals surface area (Å²) >= 11 is 1.42. The first kappa shape index (κ1) is 14.6. The predicted molar refractivity (Wildman–Crippen MR) is 81.8 cm³/mol. The molecule has 5 nitrogen and oxygen atoms in total. The summed E-state index contributed by atoms with van der Waals surface area (Å²) in [4.78, 5) is 19.6. The molecule has 0 aromatic heterocycles. The van der Waals surface area contributed by atoms with Crippen LogP contribution in [0.1, 0.15) is 12.5 Å². The van der Waals surface area contributed by atoms with Crippen LogP contribution in [0.2, 0.25) is 0 Å². The fourth-order valence-corrected chi connectivity index (χ4v) is 2.52. The maximum absolute atomic E-state index is 10.9. The van der Waals surface area contributed by atoms with Crippen molar-refractivity contribution < 1.29 is 14.6 Å². The van der Waals surface area contributed by atoms with E-state index < -0.39 is 12.0 Å². The van der Waals surface area contributed by atoms with Crippen LogP contribution in [0.25, 0.3) is 0 Å². The monoisotopic (exact) mass is 292 g/mol. The van der Waals surface area contributed by atoms with Gasteiger partial charge in [0.15, 0.2) is 0 Å². The zero-order valence-electron chi connectivity index (χ0n) is 11.6. The Morgan fingerprint density at radius 2 is 2.30 bits per heavy atom. The van der Waals surface area contributed by atoms with Gasteiger partial charge in [-0.05, 0) is 36.9 Å². The second-order valence-corrected chi connectivity index (χ2v) is 5.18. The molecule has 6 heteroatoms. The van der Waals surface area contributed by atoms with Gasteiger partial charge in [0.1, 0.15) is 16.8 Å². The molecule has 0 saturated heterocycles. The van der Waals surface area contributed by atoms with Crippen molar-refractivity contribution in [1.82, 2.24) is 0 Å². The van der Waals surface area contributed by atoms with E-state index in [1.165, 1.54) is 11.8 Å². The lowest BCUT2D eigenvalue weighted by Gasteiger charge is -2.05. The summed E-state index contributed by atoms with van der Waals surface area (Å²) in [6, 6.07) is 4.95. The molecule has 0 fully saturated rings. The average Bonchev–Trinajstić information content (AvgIpc) is 2.86. The minimum atomic E-state index is -0.936. The van der Waals surface area contributed by atoms with E-state index in [9.17, 15) is 4.79 Å². The molecule has 2 rings (SSSR count). The Balaban J connectivity index is 2.25. The van der Waals surface area contributed by atoms with E-state index in [-0.39, 0.29) is 0 Å². The van der Waals surface area contributed by atoms with Crippen molar-refractivity contribution in [3.05, 3.63) is 23.8 Å². The summed E-state index contributed by atoms with van der Waals surface area (Å²) in [5.41, 5.74) is 2.78. The molecule has 1 aromatic rings. The molecule has 0 unspecified atom stereocenters. The number of carboxylic acid groups (broad SMARTS) is 1. The van der Waals surface area contributed by atoms with Crippen LogP contribution in [0.4, 0.5) is 5.69 Å². The lowest BCUT2D eigenvalue weighted by Crippen LogP contribution is -2.19. The SMILES string of the molecule is COc1ccc2c(c1)CC(/C(=N/[C@H](C)C(=O)O)SC)=N2. The van der Waals surface area contributed by atoms with Crippen LogP contribution in [-0.2, 0) is 11.2 Å². The van der Waals surface area contributed by atoms with Gasteiger partial charge in [-0.3, -0.25) is 4.99 Å². The van der Waals surface area contributed by atoms with Crippen LogP contribution in [0.3, 0.4) is 0 Å². The van der Waals surface area contributed by atoms with Gasteiger partial charge < -0.3 is 9.84 Å². The third-order valence-electron chi connectivity index (χ3n) is 3.01. The number of hydrogen-bond donors (Lipinski definition) is 1. The maximum Gasteiger partial charge on any atom is 0.328 e. The highest BCUT2D eigenvalue weighted by Gasteiger charge is 2.21. The number of nitrogens with zero attached hydrogens (tertiary/aromatic N) is 2. The molecule has 0 bridgehead atoms. The molecule has 106 valence electrons. The molecule has 1 aliphatic rings. The Hall–Kier alpha value is -1.82. The largest absolute Gasteiger partial charge is 0.497 e. The van der Waals surface area contributed by atoms with Gasteiger partial charge in [-0.15, -0.1) is 11.8 Å². The molecule has 1 atom stereocenters. The molecule has 0 saturated carbocycles. The van der Waals surface area contributed by atoms with Crippen molar-refractivity contribution in [2.75, 3.05) is 13.4 Å². The molecule has 0 spiro atoms. The Kier molecular flexibility index (Phi) is 4.44. The van der Waals surface area contributed by atoms with E-state index in [0.29, 0.717) is 11.5 Å². The molecular weight excluding hydrogens is 276 g/mol. The van der Waals surface area contributed by atoms with Crippen LogP contribution < -0.4 is 4.74 Å². The van der Waals surface area contributed by atoms with Crippen molar-refractivity contribution >= 4 is 34.2 Å². The Morgan fingerprint density at radius 3 is 2.90 bits per heavy atom. The van der Waals surface area contributed by atoms with Crippen molar-refractivity contribution in [1.29, 1.82) is 0 Å². The number of carboxylic acids is 1. The smallest absolute Gasteiger partial charge is 0.328 e. The highest BCUT2D eigenvalue weighted by molar-refractivity contribution is 8.15. The lowest BCUT2D eigenvalue weighted by atomic mass is 10.1. The molecule has 20 heavy (non-hydrogen) atoms. The minimum Gasteiger partial charge on any atom is -0.497 e.